The number of hydrogen-bond donors (Lipinski definition) is 2. The Hall–Kier alpha value is -2.95. The lowest BCUT2D eigenvalue weighted by Crippen LogP contribution is -2.38. The van der Waals surface area contributed by atoms with Gasteiger partial charge in [0, 0.05) is 50.0 Å². The molecular weight excluding hydrogens is 483 g/mol. The number of nitrogens with two attached hydrogens (primary N) is 1. The number of halogens is 3. The SMILES string of the molecule is C[C@H]1CN(CC(N)=O)Cc2cc(C(=O)Nc3cc(CN4CCC(N(C)C)C4)cc(C(F)(F)F)c3)ccc21. The summed E-state index contributed by atoms with van der Waals surface area (Å²) in [6.07, 6.45) is -3.57. The van der Waals surface area contributed by atoms with E-state index in [1.807, 2.05) is 32.0 Å². The van der Waals surface area contributed by atoms with Crippen molar-refractivity contribution in [1.82, 2.24) is 14.7 Å². The molecule has 0 radical (unpaired) electrons. The number of alkyl halides is 3. The molecule has 0 aromatic heterocycles. The van der Waals surface area contributed by atoms with Gasteiger partial charge in [-0.3, -0.25) is 19.4 Å². The molecule has 2 aromatic rings. The fourth-order valence-corrected chi connectivity index (χ4v) is 5.35. The van der Waals surface area contributed by atoms with Crippen molar-refractivity contribution < 1.29 is 22.8 Å². The number of primary amides is 1. The summed E-state index contributed by atoms with van der Waals surface area (Å²) in [4.78, 5) is 30.6. The Labute approximate surface area is 215 Å². The van der Waals surface area contributed by atoms with E-state index in [1.54, 1.807) is 18.2 Å². The Kier molecular flexibility index (Phi) is 7.91. The van der Waals surface area contributed by atoms with Crippen LogP contribution < -0.4 is 11.1 Å². The highest BCUT2D eigenvalue weighted by Crippen LogP contribution is 2.33. The number of carbonyl (C=O) groups is 2. The topological polar surface area (TPSA) is 81.9 Å². The van der Waals surface area contributed by atoms with E-state index in [0.717, 1.165) is 42.8 Å². The van der Waals surface area contributed by atoms with Crippen molar-refractivity contribution in [2.75, 3.05) is 45.6 Å². The van der Waals surface area contributed by atoms with Crippen LogP contribution in [-0.4, -0.2) is 72.8 Å². The first kappa shape index (κ1) is 27.1. The van der Waals surface area contributed by atoms with Crippen LogP contribution in [0.15, 0.2) is 36.4 Å². The highest BCUT2D eigenvalue weighted by Gasteiger charge is 2.32. The van der Waals surface area contributed by atoms with Crippen LogP contribution in [0.5, 0.6) is 0 Å². The van der Waals surface area contributed by atoms with Gasteiger partial charge < -0.3 is 16.0 Å². The molecule has 2 amide bonds. The van der Waals surface area contributed by atoms with Gasteiger partial charge in [-0.05, 0) is 73.5 Å². The van der Waals surface area contributed by atoms with Crippen LogP contribution in [0.2, 0.25) is 0 Å². The molecule has 3 N–H and O–H groups in total. The van der Waals surface area contributed by atoms with Crippen LogP contribution in [-0.2, 0) is 24.1 Å². The minimum absolute atomic E-state index is 0.111. The molecular formula is C27H34F3N5O2. The second-order valence-electron chi connectivity index (χ2n) is 10.5. The van der Waals surface area contributed by atoms with Gasteiger partial charge in [-0.1, -0.05) is 13.0 Å². The molecule has 0 aliphatic carbocycles. The third-order valence-electron chi connectivity index (χ3n) is 7.20. The van der Waals surface area contributed by atoms with Crippen molar-refractivity contribution in [2.45, 2.75) is 44.6 Å². The number of nitrogens with zero attached hydrogens (tertiary/aromatic N) is 3. The summed E-state index contributed by atoms with van der Waals surface area (Å²) in [5.41, 5.74) is 7.51. The second kappa shape index (κ2) is 10.8. The number of hydrogen-bond acceptors (Lipinski definition) is 5. The standard InChI is InChI=1S/C27H34F3N5O2/c1-17-12-35(16-25(31)36)14-20-10-19(4-5-24(17)20)26(37)32-22-9-18(8-21(11-22)27(28,29)30)13-34-7-6-23(15-34)33(2)3/h4-5,8-11,17,23H,6-7,12-16H2,1-3H3,(H2,31,36)(H,32,37)/t17-,23?/m0/s1. The zero-order valence-electron chi connectivity index (χ0n) is 21.4. The molecule has 4 rings (SSSR count). The van der Waals surface area contributed by atoms with E-state index in [9.17, 15) is 22.8 Å². The highest BCUT2D eigenvalue weighted by molar-refractivity contribution is 6.04. The molecule has 0 saturated carbocycles. The second-order valence-corrected chi connectivity index (χ2v) is 10.5. The maximum Gasteiger partial charge on any atom is 0.416 e. The van der Waals surface area contributed by atoms with Gasteiger partial charge in [-0.2, -0.15) is 13.2 Å². The molecule has 1 fully saturated rings. The van der Waals surface area contributed by atoms with Crippen LogP contribution in [0.3, 0.4) is 0 Å². The summed E-state index contributed by atoms with van der Waals surface area (Å²) in [6, 6.07) is 9.43. The molecule has 200 valence electrons. The summed E-state index contributed by atoms with van der Waals surface area (Å²) in [5.74, 6) is -0.749. The van der Waals surface area contributed by atoms with Crippen molar-refractivity contribution in [2.24, 2.45) is 5.73 Å². The van der Waals surface area contributed by atoms with Crippen LogP contribution in [0.1, 0.15) is 51.9 Å². The monoisotopic (exact) mass is 517 g/mol. The maximum absolute atomic E-state index is 13.7. The Bertz CT molecular complexity index is 1170. The zero-order chi connectivity index (χ0) is 26.9. The van der Waals surface area contributed by atoms with Crippen LogP contribution in [0, 0.1) is 0 Å². The molecule has 2 atom stereocenters. The molecule has 0 bridgehead atoms. The molecule has 2 aliphatic rings. The Morgan fingerprint density at radius 2 is 1.86 bits per heavy atom. The van der Waals surface area contributed by atoms with E-state index in [4.69, 9.17) is 5.73 Å². The van der Waals surface area contributed by atoms with E-state index in [0.29, 0.717) is 36.8 Å². The minimum atomic E-state index is -4.53. The molecule has 2 heterocycles. The lowest BCUT2D eigenvalue weighted by Gasteiger charge is -2.32. The van der Waals surface area contributed by atoms with Gasteiger partial charge in [0.2, 0.25) is 5.91 Å². The number of rotatable bonds is 7. The zero-order valence-corrected chi connectivity index (χ0v) is 21.4. The molecule has 7 nitrogen and oxygen atoms in total. The van der Waals surface area contributed by atoms with Crippen molar-refractivity contribution in [1.29, 1.82) is 0 Å². The summed E-state index contributed by atoms with van der Waals surface area (Å²) < 4.78 is 41.0. The number of amides is 2. The van der Waals surface area contributed by atoms with Gasteiger partial charge in [-0.15, -0.1) is 0 Å². The number of benzene rings is 2. The number of carbonyl (C=O) groups excluding carboxylic acids is 2. The molecule has 2 aromatic carbocycles. The number of anilines is 1. The van der Waals surface area contributed by atoms with Crippen LogP contribution >= 0.6 is 0 Å². The average Bonchev–Trinajstić information content (AvgIpc) is 3.26. The maximum atomic E-state index is 13.7. The Morgan fingerprint density at radius 1 is 1.11 bits per heavy atom. The van der Waals surface area contributed by atoms with Crippen molar-refractivity contribution in [3.8, 4) is 0 Å². The third kappa shape index (κ3) is 6.68. The third-order valence-corrected chi connectivity index (χ3v) is 7.20. The number of likely N-dealkylation sites (N-methyl/N-ethyl adjacent to an activating group) is 1. The first-order valence-electron chi connectivity index (χ1n) is 12.4. The molecule has 2 aliphatic heterocycles. The normalized spacial score (nSPS) is 20.7. The summed E-state index contributed by atoms with van der Waals surface area (Å²) in [6.45, 7) is 5.29. The average molecular weight is 518 g/mol. The number of likely N-dealkylation sites (tertiary alicyclic amines) is 1. The smallest absolute Gasteiger partial charge is 0.369 e. The van der Waals surface area contributed by atoms with Crippen molar-refractivity contribution in [3.63, 3.8) is 0 Å². The van der Waals surface area contributed by atoms with Gasteiger partial charge in [0.1, 0.15) is 0 Å². The lowest BCUT2D eigenvalue weighted by molar-refractivity contribution is -0.137. The van der Waals surface area contributed by atoms with Gasteiger partial charge in [0.15, 0.2) is 0 Å². The fourth-order valence-electron chi connectivity index (χ4n) is 5.35. The summed E-state index contributed by atoms with van der Waals surface area (Å²) in [5, 5.41) is 2.67. The number of nitrogens with one attached hydrogen (secondary N) is 1. The Morgan fingerprint density at radius 3 is 2.51 bits per heavy atom. The minimum Gasteiger partial charge on any atom is -0.369 e. The molecule has 1 unspecified atom stereocenters. The molecule has 37 heavy (non-hydrogen) atoms. The van der Waals surface area contributed by atoms with Crippen LogP contribution in [0.4, 0.5) is 18.9 Å². The van der Waals surface area contributed by atoms with Gasteiger partial charge in [0.05, 0.1) is 12.1 Å². The summed E-state index contributed by atoms with van der Waals surface area (Å²) >= 11 is 0. The van der Waals surface area contributed by atoms with E-state index in [-0.39, 0.29) is 18.2 Å². The van der Waals surface area contributed by atoms with Crippen molar-refractivity contribution in [3.05, 3.63) is 64.2 Å². The van der Waals surface area contributed by atoms with E-state index < -0.39 is 23.6 Å². The van der Waals surface area contributed by atoms with E-state index in [2.05, 4.69) is 15.1 Å². The first-order valence-corrected chi connectivity index (χ1v) is 12.4. The molecule has 1 saturated heterocycles. The van der Waals surface area contributed by atoms with Gasteiger partial charge in [0.25, 0.3) is 5.91 Å². The number of fused-ring (bicyclic) bond motifs is 1. The lowest BCUT2D eigenvalue weighted by atomic mass is 9.89. The van der Waals surface area contributed by atoms with E-state index in [1.165, 1.54) is 0 Å². The highest BCUT2D eigenvalue weighted by atomic mass is 19.4. The Balaban J connectivity index is 1.53. The van der Waals surface area contributed by atoms with Crippen LogP contribution in [0.25, 0.3) is 0 Å². The largest absolute Gasteiger partial charge is 0.416 e. The molecule has 10 heteroatoms. The van der Waals surface area contributed by atoms with Gasteiger partial charge in [-0.25, -0.2) is 0 Å². The fraction of sp³-hybridized carbons (Fsp3) is 0.481. The predicted molar refractivity (Wildman–Crippen MR) is 136 cm³/mol. The van der Waals surface area contributed by atoms with Crippen molar-refractivity contribution >= 4 is 17.5 Å². The summed E-state index contributed by atoms with van der Waals surface area (Å²) in [7, 11) is 4.01. The first-order chi connectivity index (χ1) is 17.4. The quantitative estimate of drug-likeness (QED) is 0.588. The molecule has 0 spiro atoms. The van der Waals surface area contributed by atoms with Gasteiger partial charge >= 0.3 is 6.18 Å². The van der Waals surface area contributed by atoms with E-state index >= 15 is 0 Å². The predicted octanol–water partition coefficient (Wildman–Crippen LogP) is 3.50.